The summed E-state index contributed by atoms with van der Waals surface area (Å²) in [5.74, 6) is 0.710. The minimum atomic E-state index is -3.68. The Morgan fingerprint density at radius 3 is 2.37 bits per heavy atom. The number of anilines is 1. The number of nitrogens with zero attached hydrogens (tertiary/aromatic N) is 2. The van der Waals surface area contributed by atoms with Crippen molar-refractivity contribution in [2.75, 3.05) is 11.4 Å². The van der Waals surface area contributed by atoms with E-state index in [1.165, 1.54) is 4.31 Å². The van der Waals surface area contributed by atoms with E-state index in [1.54, 1.807) is 37.4 Å². The molecule has 27 heavy (non-hydrogen) atoms. The van der Waals surface area contributed by atoms with E-state index in [0.29, 0.717) is 17.0 Å². The fourth-order valence-corrected chi connectivity index (χ4v) is 4.32. The average Bonchev–Trinajstić information content (AvgIpc) is 3.12. The second-order valence-corrected chi connectivity index (χ2v) is 8.96. The van der Waals surface area contributed by atoms with Gasteiger partial charge in [-0.2, -0.15) is 0 Å². The number of nitrogens with one attached hydrogen (secondary N) is 1. The zero-order chi connectivity index (χ0) is 19.0. The summed E-state index contributed by atoms with van der Waals surface area (Å²) in [4.78, 5) is 7.97. The molecule has 5 nitrogen and oxygen atoms in total. The summed E-state index contributed by atoms with van der Waals surface area (Å²) in [7, 11) is -2.13. The monoisotopic (exact) mass is 441 g/mol. The van der Waals surface area contributed by atoms with Gasteiger partial charge in [0.2, 0.25) is 0 Å². The second-order valence-electron chi connectivity index (χ2n) is 6.08. The number of H-pyrrole nitrogens is 1. The van der Waals surface area contributed by atoms with Crippen LogP contribution in [0.5, 0.6) is 0 Å². The summed E-state index contributed by atoms with van der Waals surface area (Å²) < 4.78 is 28.2. The van der Waals surface area contributed by atoms with Crippen molar-refractivity contribution in [2.24, 2.45) is 0 Å². The first-order chi connectivity index (χ1) is 12.9. The van der Waals surface area contributed by atoms with Gasteiger partial charge >= 0.3 is 0 Å². The largest absolute Gasteiger partial charge is 0.338 e. The fourth-order valence-electron chi connectivity index (χ4n) is 2.83. The number of fused-ring (bicyclic) bond motifs is 1. The maximum Gasteiger partial charge on any atom is 0.264 e. The molecule has 136 valence electrons. The van der Waals surface area contributed by atoms with Crippen molar-refractivity contribution in [3.05, 3.63) is 77.3 Å². The van der Waals surface area contributed by atoms with Crippen molar-refractivity contribution in [1.29, 1.82) is 0 Å². The van der Waals surface area contributed by atoms with Gasteiger partial charge in [-0.3, -0.25) is 4.31 Å². The highest BCUT2D eigenvalue weighted by molar-refractivity contribution is 9.10. The molecule has 0 radical (unpaired) electrons. The SMILES string of the molecule is CN(c1ccc(Br)cc1)S(=O)(=O)c1ccc2nc(-c3ccccc3)[nH]c2c1. The standard InChI is InChI=1S/C20H16BrN3O2S/c1-24(16-9-7-15(21)8-10-16)27(25,26)17-11-12-18-19(13-17)23-20(22-18)14-5-3-2-4-6-14/h2-13H,1H3,(H,22,23). The molecule has 0 spiro atoms. The summed E-state index contributed by atoms with van der Waals surface area (Å²) in [6, 6.07) is 21.8. The van der Waals surface area contributed by atoms with Crippen LogP contribution in [0.3, 0.4) is 0 Å². The van der Waals surface area contributed by atoms with Crippen LogP contribution in [0.25, 0.3) is 22.4 Å². The molecular formula is C20H16BrN3O2S. The van der Waals surface area contributed by atoms with Crippen molar-refractivity contribution < 1.29 is 8.42 Å². The number of hydrogen-bond acceptors (Lipinski definition) is 3. The highest BCUT2D eigenvalue weighted by Gasteiger charge is 2.22. The number of halogens is 1. The number of sulfonamides is 1. The van der Waals surface area contributed by atoms with Gasteiger partial charge < -0.3 is 4.98 Å². The topological polar surface area (TPSA) is 66.1 Å². The Balaban J connectivity index is 1.73. The molecule has 0 aliphatic carbocycles. The van der Waals surface area contributed by atoms with Crippen molar-refractivity contribution in [1.82, 2.24) is 9.97 Å². The van der Waals surface area contributed by atoms with E-state index in [9.17, 15) is 8.42 Å². The Kier molecular flexibility index (Phi) is 4.49. The zero-order valence-electron chi connectivity index (χ0n) is 14.4. The molecule has 0 aliphatic rings. The number of aromatic nitrogens is 2. The molecule has 0 unspecified atom stereocenters. The van der Waals surface area contributed by atoms with Crippen molar-refractivity contribution in [2.45, 2.75) is 4.90 Å². The zero-order valence-corrected chi connectivity index (χ0v) is 16.8. The first-order valence-corrected chi connectivity index (χ1v) is 10.5. The maximum atomic E-state index is 13.0. The van der Waals surface area contributed by atoms with E-state index in [2.05, 4.69) is 25.9 Å². The number of aromatic amines is 1. The molecule has 0 aliphatic heterocycles. The van der Waals surface area contributed by atoms with Gasteiger partial charge in [-0.15, -0.1) is 0 Å². The van der Waals surface area contributed by atoms with Crippen molar-refractivity contribution in [3.63, 3.8) is 0 Å². The summed E-state index contributed by atoms with van der Waals surface area (Å²) in [5.41, 5.74) is 2.94. The van der Waals surface area contributed by atoms with Gasteiger partial charge in [-0.25, -0.2) is 13.4 Å². The van der Waals surface area contributed by atoms with Gasteiger partial charge in [-0.1, -0.05) is 46.3 Å². The predicted molar refractivity (Wildman–Crippen MR) is 111 cm³/mol. The first-order valence-electron chi connectivity index (χ1n) is 8.25. The lowest BCUT2D eigenvalue weighted by atomic mass is 10.2. The number of imidazole rings is 1. The maximum absolute atomic E-state index is 13.0. The van der Waals surface area contributed by atoms with Crippen LogP contribution >= 0.6 is 15.9 Å². The Morgan fingerprint density at radius 1 is 0.963 bits per heavy atom. The fraction of sp³-hybridized carbons (Fsp3) is 0.0500. The van der Waals surface area contributed by atoms with Crippen LogP contribution in [0, 0.1) is 0 Å². The van der Waals surface area contributed by atoms with Crippen LogP contribution in [0.4, 0.5) is 5.69 Å². The minimum Gasteiger partial charge on any atom is -0.338 e. The molecule has 0 saturated carbocycles. The van der Waals surface area contributed by atoms with E-state index < -0.39 is 10.0 Å². The average molecular weight is 442 g/mol. The molecule has 0 amide bonds. The minimum absolute atomic E-state index is 0.212. The first kappa shape index (κ1) is 17.8. The third kappa shape index (κ3) is 3.36. The third-order valence-corrected chi connectivity index (χ3v) is 6.66. The summed E-state index contributed by atoms with van der Waals surface area (Å²) in [5, 5.41) is 0. The molecule has 3 aromatic carbocycles. The van der Waals surface area contributed by atoms with Crippen LogP contribution in [-0.4, -0.2) is 25.4 Å². The van der Waals surface area contributed by atoms with Gasteiger partial charge in [0.1, 0.15) is 5.82 Å². The van der Waals surface area contributed by atoms with Gasteiger partial charge in [0.15, 0.2) is 0 Å². The van der Waals surface area contributed by atoms with Gasteiger partial charge in [0.05, 0.1) is 21.6 Å². The van der Waals surface area contributed by atoms with Crippen LogP contribution in [0.2, 0.25) is 0 Å². The summed E-state index contributed by atoms with van der Waals surface area (Å²) in [6.45, 7) is 0. The van der Waals surface area contributed by atoms with E-state index in [1.807, 2.05) is 42.5 Å². The Bertz CT molecular complexity index is 1200. The van der Waals surface area contributed by atoms with Crippen LogP contribution in [-0.2, 0) is 10.0 Å². The molecule has 0 saturated heterocycles. The van der Waals surface area contributed by atoms with Gasteiger partial charge in [0, 0.05) is 17.1 Å². The number of hydrogen-bond donors (Lipinski definition) is 1. The normalized spacial score (nSPS) is 11.6. The Hall–Kier alpha value is -2.64. The summed E-state index contributed by atoms with van der Waals surface area (Å²) >= 11 is 3.36. The third-order valence-electron chi connectivity index (χ3n) is 4.35. The smallest absolute Gasteiger partial charge is 0.264 e. The quantitative estimate of drug-likeness (QED) is 0.493. The highest BCUT2D eigenvalue weighted by atomic mass is 79.9. The molecule has 1 N–H and O–H groups in total. The molecular weight excluding hydrogens is 426 g/mol. The van der Waals surface area contributed by atoms with E-state index in [-0.39, 0.29) is 4.90 Å². The lowest BCUT2D eigenvalue weighted by Gasteiger charge is -2.19. The molecule has 0 atom stereocenters. The predicted octanol–water partition coefficient (Wildman–Crippen LogP) is 4.82. The number of benzene rings is 3. The van der Waals surface area contributed by atoms with Crippen LogP contribution < -0.4 is 4.31 Å². The number of rotatable bonds is 4. The Labute approximate surface area is 165 Å². The second kappa shape index (κ2) is 6.83. The Morgan fingerprint density at radius 2 is 1.67 bits per heavy atom. The van der Waals surface area contributed by atoms with Crippen LogP contribution in [0.1, 0.15) is 0 Å². The molecule has 4 aromatic rings. The molecule has 1 aromatic heterocycles. The molecule has 0 bridgehead atoms. The van der Waals surface area contributed by atoms with E-state index >= 15 is 0 Å². The van der Waals surface area contributed by atoms with Gasteiger partial charge in [0.25, 0.3) is 10.0 Å². The van der Waals surface area contributed by atoms with Crippen molar-refractivity contribution >= 4 is 42.7 Å². The van der Waals surface area contributed by atoms with Crippen LogP contribution in [0.15, 0.2) is 82.2 Å². The highest BCUT2D eigenvalue weighted by Crippen LogP contribution is 2.27. The van der Waals surface area contributed by atoms with Crippen molar-refractivity contribution in [3.8, 4) is 11.4 Å². The molecule has 1 heterocycles. The molecule has 4 rings (SSSR count). The molecule has 7 heteroatoms. The van der Waals surface area contributed by atoms with E-state index in [0.717, 1.165) is 15.6 Å². The van der Waals surface area contributed by atoms with E-state index in [4.69, 9.17) is 0 Å². The van der Waals surface area contributed by atoms with Gasteiger partial charge in [-0.05, 0) is 42.5 Å². The lowest BCUT2D eigenvalue weighted by Crippen LogP contribution is -2.26. The lowest BCUT2D eigenvalue weighted by molar-refractivity contribution is 0.594. The molecule has 0 fully saturated rings. The summed E-state index contributed by atoms with van der Waals surface area (Å²) in [6.07, 6.45) is 0.